The fourth-order valence-electron chi connectivity index (χ4n) is 6.76. The number of halogens is 1. The molecule has 9 heteroatoms. The zero-order valence-corrected chi connectivity index (χ0v) is 22.6. The van der Waals surface area contributed by atoms with Gasteiger partial charge in [0.05, 0.1) is 24.5 Å². The van der Waals surface area contributed by atoms with Crippen LogP contribution in [0.3, 0.4) is 0 Å². The number of aliphatic hydroxyl groups is 1. The summed E-state index contributed by atoms with van der Waals surface area (Å²) in [5, 5.41) is 9.52. The molecule has 3 aliphatic heterocycles. The number of nitrogens with zero attached hydrogens (tertiary/aromatic N) is 2. The lowest BCUT2D eigenvalue weighted by Gasteiger charge is -2.41. The van der Waals surface area contributed by atoms with Gasteiger partial charge in [0.1, 0.15) is 11.6 Å². The number of carbonyl (C=O) groups is 3. The molecule has 3 unspecified atom stereocenters. The number of ether oxygens (including phenoxy) is 2. The van der Waals surface area contributed by atoms with Crippen LogP contribution in [0.5, 0.6) is 0 Å². The monoisotopic (exact) mass is 566 g/mol. The topological polar surface area (TPSA) is 96.4 Å². The lowest BCUT2D eigenvalue weighted by atomic mass is 9.70. The van der Waals surface area contributed by atoms with Crippen LogP contribution in [0, 0.1) is 11.8 Å². The molecule has 3 heterocycles. The fourth-order valence-corrected chi connectivity index (χ4v) is 7.71. The van der Waals surface area contributed by atoms with Gasteiger partial charge in [-0.1, -0.05) is 47.3 Å². The molecule has 0 aromatic rings. The molecule has 1 spiro atoms. The molecular weight excluding hydrogens is 528 g/mol. The summed E-state index contributed by atoms with van der Waals surface area (Å²) < 4.78 is 12.1. The van der Waals surface area contributed by atoms with Crippen molar-refractivity contribution in [1.82, 2.24) is 9.80 Å². The van der Waals surface area contributed by atoms with Crippen molar-refractivity contribution in [2.75, 3.05) is 26.3 Å². The van der Waals surface area contributed by atoms with Crippen molar-refractivity contribution in [1.29, 1.82) is 0 Å². The highest BCUT2D eigenvalue weighted by atomic mass is 79.9. The number of aliphatic hydroxyl groups excluding tert-OH is 1. The summed E-state index contributed by atoms with van der Waals surface area (Å²) in [4.78, 5) is 44.7. The number of hydrogen-bond donors (Lipinski definition) is 1. The first-order valence-electron chi connectivity index (χ1n) is 13.3. The van der Waals surface area contributed by atoms with Crippen LogP contribution in [0.25, 0.3) is 0 Å². The van der Waals surface area contributed by atoms with Gasteiger partial charge in [0, 0.05) is 30.6 Å². The smallest absolute Gasteiger partial charge is 0.312 e. The van der Waals surface area contributed by atoms with E-state index in [-0.39, 0.29) is 42.4 Å². The minimum atomic E-state index is -1.10. The van der Waals surface area contributed by atoms with Crippen LogP contribution < -0.4 is 0 Å². The Balaban J connectivity index is 1.66. The van der Waals surface area contributed by atoms with Crippen molar-refractivity contribution in [2.24, 2.45) is 11.8 Å². The molecule has 1 saturated carbocycles. The van der Waals surface area contributed by atoms with Crippen molar-refractivity contribution < 1.29 is 29.0 Å². The van der Waals surface area contributed by atoms with E-state index in [1.807, 2.05) is 4.90 Å². The van der Waals surface area contributed by atoms with Crippen LogP contribution in [-0.4, -0.2) is 87.6 Å². The van der Waals surface area contributed by atoms with E-state index in [1.54, 1.807) is 17.1 Å². The first-order chi connectivity index (χ1) is 17.4. The molecular formula is C27H39BrN2O6. The second-order valence-electron chi connectivity index (χ2n) is 10.4. The molecule has 2 bridgehead atoms. The molecule has 0 aromatic carbocycles. The third-order valence-electron chi connectivity index (χ3n) is 8.27. The van der Waals surface area contributed by atoms with Crippen LogP contribution in [-0.2, 0) is 23.9 Å². The Morgan fingerprint density at radius 3 is 2.64 bits per heavy atom. The van der Waals surface area contributed by atoms with Gasteiger partial charge < -0.3 is 24.4 Å². The SMILES string of the molecule is C=CCCCOC(=O)[C@H]1[C@@H]2OC3(CC2Br)C(C(=O)N(CC=C)C2CCCCC2)N(CCCO)C(=O)[C@H]13. The average molecular weight is 568 g/mol. The Kier molecular flexibility index (Phi) is 8.94. The number of alkyl halides is 1. The average Bonchev–Trinajstić information content (AvgIpc) is 3.47. The van der Waals surface area contributed by atoms with Crippen LogP contribution >= 0.6 is 15.9 Å². The normalized spacial score (nSPS) is 33.4. The van der Waals surface area contributed by atoms with E-state index in [2.05, 4.69) is 29.1 Å². The molecule has 8 nitrogen and oxygen atoms in total. The van der Waals surface area contributed by atoms with Gasteiger partial charge in [-0.25, -0.2) is 0 Å². The molecule has 4 rings (SSSR count). The highest BCUT2D eigenvalue weighted by molar-refractivity contribution is 9.09. The largest absolute Gasteiger partial charge is 0.465 e. The summed E-state index contributed by atoms with van der Waals surface area (Å²) in [5.74, 6) is -2.38. The molecule has 4 aliphatic rings. The van der Waals surface area contributed by atoms with E-state index in [9.17, 15) is 19.5 Å². The maximum atomic E-state index is 14.3. The van der Waals surface area contributed by atoms with Gasteiger partial charge in [0.2, 0.25) is 11.8 Å². The number of likely N-dealkylation sites (tertiary alicyclic amines) is 1. The van der Waals surface area contributed by atoms with Crippen molar-refractivity contribution >= 4 is 33.7 Å². The second-order valence-corrected chi connectivity index (χ2v) is 11.6. The molecule has 36 heavy (non-hydrogen) atoms. The highest BCUT2D eigenvalue weighted by Gasteiger charge is 2.77. The Morgan fingerprint density at radius 1 is 1.22 bits per heavy atom. The number of rotatable bonds is 12. The molecule has 200 valence electrons. The summed E-state index contributed by atoms with van der Waals surface area (Å²) in [6.45, 7) is 8.36. The van der Waals surface area contributed by atoms with E-state index in [0.717, 1.165) is 38.5 Å². The van der Waals surface area contributed by atoms with Crippen LogP contribution in [0.2, 0.25) is 0 Å². The number of amides is 2. The summed E-state index contributed by atoms with van der Waals surface area (Å²) in [7, 11) is 0. The summed E-state index contributed by atoms with van der Waals surface area (Å²) >= 11 is 3.69. The quantitative estimate of drug-likeness (QED) is 0.169. The minimum absolute atomic E-state index is 0.0958. The van der Waals surface area contributed by atoms with Gasteiger partial charge in [0.25, 0.3) is 0 Å². The van der Waals surface area contributed by atoms with Gasteiger partial charge in [-0.15, -0.1) is 13.2 Å². The van der Waals surface area contributed by atoms with Gasteiger partial charge >= 0.3 is 5.97 Å². The van der Waals surface area contributed by atoms with Crippen molar-refractivity contribution in [3.63, 3.8) is 0 Å². The predicted octanol–water partition coefficient (Wildman–Crippen LogP) is 2.97. The first-order valence-corrected chi connectivity index (χ1v) is 14.2. The number of hydrogen-bond acceptors (Lipinski definition) is 6. The lowest BCUT2D eigenvalue weighted by Crippen LogP contribution is -2.58. The van der Waals surface area contributed by atoms with Crippen molar-refractivity contribution in [3.8, 4) is 0 Å². The first kappa shape index (κ1) is 27.3. The molecule has 2 amide bonds. The van der Waals surface area contributed by atoms with Gasteiger partial charge in [-0.3, -0.25) is 14.4 Å². The van der Waals surface area contributed by atoms with Crippen LogP contribution in [0.15, 0.2) is 25.3 Å². The van der Waals surface area contributed by atoms with Gasteiger partial charge in [-0.05, 0) is 38.5 Å². The second kappa shape index (κ2) is 11.8. The van der Waals surface area contributed by atoms with E-state index < -0.39 is 35.6 Å². The Bertz CT molecular complexity index is 861. The molecule has 6 atom stereocenters. The molecule has 1 N–H and O–H groups in total. The third kappa shape index (κ3) is 4.78. The maximum Gasteiger partial charge on any atom is 0.312 e. The zero-order chi connectivity index (χ0) is 25.9. The van der Waals surface area contributed by atoms with E-state index in [1.165, 1.54) is 0 Å². The van der Waals surface area contributed by atoms with Crippen LogP contribution in [0.1, 0.15) is 57.8 Å². The highest BCUT2D eigenvalue weighted by Crippen LogP contribution is 2.60. The van der Waals surface area contributed by atoms with Gasteiger partial charge in [0.15, 0.2) is 0 Å². The molecule has 4 fully saturated rings. The molecule has 3 saturated heterocycles. The molecule has 0 aromatic heterocycles. The van der Waals surface area contributed by atoms with Crippen molar-refractivity contribution in [3.05, 3.63) is 25.3 Å². The maximum absolute atomic E-state index is 14.3. The summed E-state index contributed by atoms with van der Waals surface area (Å²) in [5.41, 5.74) is -1.10. The summed E-state index contributed by atoms with van der Waals surface area (Å²) in [6.07, 6.45) is 10.4. The molecule has 1 aliphatic carbocycles. The van der Waals surface area contributed by atoms with E-state index >= 15 is 0 Å². The predicted molar refractivity (Wildman–Crippen MR) is 138 cm³/mol. The standard InChI is InChI=1S/C27H39BrN2O6/c1-3-5-9-16-35-26(34)20-21-24(32)30(14-10-15-31)23(27(21)17-19(28)22(20)36-27)25(33)29(13-4-2)18-11-7-6-8-12-18/h3-4,18-23,31H,1-2,5-17H2/t19?,20-,21+,22-,23?,27?/m1/s1. The number of fused-ring (bicyclic) bond motifs is 1. The van der Waals surface area contributed by atoms with Gasteiger partial charge in [-0.2, -0.15) is 0 Å². The Hall–Kier alpha value is -1.71. The Morgan fingerprint density at radius 2 is 1.97 bits per heavy atom. The third-order valence-corrected chi connectivity index (χ3v) is 9.12. The van der Waals surface area contributed by atoms with Crippen LogP contribution in [0.4, 0.5) is 0 Å². The fraction of sp³-hybridized carbons (Fsp3) is 0.741. The number of esters is 1. The van der Waals surface area contributed by atoms with E-state index in [4.69, 9.17) is 9.47 Å². The minimum Gasteiger partial charge on any atom is -0.465 e. The lowest BCUT2D eigenvalue weighted by molar-refractivity contribution is -0.155. The molecule has 0 radical (unpaired) electrons. The van der Waals surface area contributed by atoms with E-state index in [0.29, 0.717) is 25.8 Å². The summed E-state index contributed by atoms with van der Waals surface area (Å²) in [6, 6.07) is -0.745. The van der Waals surface area contributed by atoms with Crippen molar-refractivity contribution in [2.45, 2.75) is 86.4 Å². The number of carbonyl (C=O) groups excluding carboxylic acids is 3. The number of allylic oxidation sites excluding steroid dienone is 1. The number of unbranched alkanes of at least 4 members (excludes halogenated alkanes) is 1. The zero-order valence-electron chi connectivity index (χ0n) is 21.0. The Labute approximate surface area is 222 Å².